The Morgan fingerprint density at radius 3 is 2.53 bits per heavy atom. The summed E-state index contributed by atoms with van der Waals surface area (Å²) in [6, 6.07) is 7.06. The van der Waals surface area contributed by atoms with Crippen molar-refractivity contribution in [2.45, 2.75) is 18.3 Å². The molecule has 0 amide bonds. The third-order valence-corrected chi connectivity index (χ3v) is 4.22. The van der Waals surface area contributed by atoms with Crippen LogP contribution in [0.25, 0.3) is 0 Å². The number of benzene rings is 1. The van der Waals surface area contributed by atoms with E-state index in [1.54, 1.807) is 6.07 Å². The molecule has 0 spiro atoms. The summed E-state index contributed by atoms with van der Waals surface area (Å²) >= 11 is 3.52. The zero-order chi connectivity index (χ0) is 10.7. The highest BCUT2D eigenvalue weighted by atomic mass is 79.9. The first kappa shape index (κ1) is 11.1. The number of alkyl halides is 1. The number of rotatable bonds is 2. The first-order chi connectivity index (χ1) is 7.28. The van der Waals surface area contributed by atoms with Crippen molar-refractivity contribution < 1.29 is 9.13 Å². The summed E-state index contributed by atoms with van der Waals surface area (Å²) in [4.78, 5) is 0. The van der Waals surface area contributed by atoms with E-state index in [0.717, 1.165) is 36.9 Å². The fourth-order valence-corrected chi connectivity index (χ4v) is 2.99. The minimum absolute atomic E-state index is 0.0798. The number of hydrogen-bond donors (Lipinski definition) is 0. The number of halogens is 2. The molecule has 0 saturated carbocycles. The van der Waals surface area contributed by atoms with E-state index in [9.17, 15) is 4.39 Å². The van der Waals surface area contributed by atoms with Crippen LogP contribution in [0.2, 0.25) is 0 Å². The molecule has 0 radical (unpaired) electrons. The number of hydrogen-bond acceptors (Lipinski definition) is 1. The predicted octanol–water partition coefficient (Wildman–Crippen LogP) is 3.27. The molecule has 2 rings (SSSR count). The Kier molecular flexibility index (Phi) is 3.42. The SMILES string of the molecule is Fc1ccccc1C1(CBr)CCOCC1. The van der Waals surface area contributed by atoms with Gasteiger partial charge in [-0.3, -0.25) is 0 Å². The van der Waals surface area contributed by atoms with E-state index in [0.29, 0.717) is 0 Å². The molecule has 1 fully saturated rings. The highest BCUT2D eigenvalue weighted by molar-refractivity contribution is 9.09. The Morgan fingerprint density at radius 1 is 1.27 bits per heavy atom. The van der Waals surface area contributed by atoms with Crippen molar-refractivity contribution >= 4 is 15.9 Å². The van der Waals surface area contributed by atoms with Crippen LogP contribution in [0.1, 0.15) is 18.4 Å². The molecule has 1 heterocycles. The van der Waals surface area contributed by atoms with Gasteiger partial charge in [0.1, 0.15) is 5.82 Å². The average Bonchev–Trinajstić information content (AvgIpc) is 2.30. The van der Waals surface area contributed by atoms with Gasteiger partial charge in [-0.1, -0.05) is 34.1 Å². The molecule has 3 heteroatoms. The van der Waals surface area contributed by atoms with Gasteiger partial charge in [-0.25, -0.2) is 4.39 Å². The Bertz CT molecular complexity index is 334. The Labute approximate surface area is 97.8 Å². The smallest absolute Gasteiger partial charge is 0.126 e. The molecular formula is C12H14BrFO. The van der Waals surface area contributed by atoms with Gasteiger partial charge in [-0.2, -0.15) is 0 Å². The minimum Gasteiger partial charge on any atom is -0.381 e. The van der Waals surface area contributed by atoms with Crippen LogP contribution in [-0.4, -0.2) is 18.5 Å². The van der Waals surface area contributed by atoms with E-state index in [1.807, 2.05) is 12.1 Å². The van der Waals surface area contributed by atoms with E-state index >= 15 is 0 Å². The molecule has 1 aromatic rings. The van der Waals surface area contributed by atoms with Gasteiger partial charge >= 0.3 is 0 Å². The summed E-state index contributed by atoms with van der Waals surface area (Å²) in [6.45, 7) is 1.44. The minimum atomic E-state index is -0.0983. The van der Waals surface area contributed by atoms with Crippen LogP contribution in [0.4, 0.5) is 4.39 Å². The summed E-state index contributed by atoms with van der Waals surface area (Å²) in [5.41, 5.74) is 0.744. The van der Waals surface area contributed by atoms with Crippen molar-refractivity contribution in [1.82, 2.24) is 0 Å². The van der Waals surface area contributed by atoms with E-state index in [1.165, 1.54) is 6.07 Å². The molecule has 0 bridgehead atoms. The average molecular weight is 273 g/mol. The lowest BCUT2D eigenvalue weighted by molar-refractivity contribution is 0.0572. The molecule has 0 aromatic heterocycles. The van der Waals surface area contributed by atoms with Crippen molar-refractivity contribution in [3.05, 3.63) is 35.6 Å². The highest BCUT2D eigenvalue weighted by Gasteiger charge is 2.35. The first-order valence-electron chi connectivity index (χ1n) is 5.17. The molecule has 0 N–H and O–H groups in total. The van der Waals surface area contributed by atoms with Crippen LogP contribution >= 0.6 is 15.9 Å². The van der Waals surface area contributed by atoms with Gasteiger partial charge in [0.2, 0.25) is 0 Å². The quantitative estimate of drug-likeness (QED) is 0.751. The molecule has 15 heavy (non-hydrogen) atoms. The molecular weight excluding hydrogens is 259 g/mol. The molecule has 1 aliphatic heterocycles. The van der Waals surface area contributed by atoms with Crippen LogP contribution in [0.3, 0.4) is 0 Å². The Balaban J connectivity index is 2.36. The molecule has 1 aromatic carbocycles. The van der Waals surface area contributed by atoms with Gasteiger partial charge in [0, 0.05) is 24.0 Å². The lowest BCUT2D eigenvalue weighted by atomic mass is 9.76. The highest BCUT2D eigenvalue weighted by Crippen LogP contribution is 2.37. The van der Waals surface area contributed by atoms with Crippen molar-refractivity contribution in [2.24, 2.45) is 0 Å². The van der Waals surface area contributed by atoms with Crippen LogP contribution in [-0.2, 0) is 10.2 Å². The van der Waals surface area contributed by atoms with Crippen molar-refractivity contribution in [3.8, 4) is 0 Å². The summed E-state index contributed by atoms with van der Waals surface area (Å²) in [5.74, 6) is -0.0983. The van der Waals surface area contributed by atoms with Gasteiger partial charge in [-0.15, -0.1) is 0 Å². The van der Waals surface area contributed by atoms with E-state index in [4.69, 9.17) is 4.74 Å². The molecule has 82 valence electrons. The Hall–Kier alpha value is -0.410. The maximum atomic E-state index is 13.7. The maximum Gasteiger partial charge on any atom is 0.126 e. The van der Waals surface area contributed by atoms with E-state index in [-0.39, 0.29) is 11.2 Å². The van der Waals surface area contributed by atoms with Crippen molar-refractivity contribution in [2.75, 3.05) is 18.5 Å². The zero-order valence-corrected chi connectivity index (χ0v) is 10.1. The first-order valence-corrected chi connectivity index (χ1v) is 6.29. The molecule has 0 aliphatic carbocycles. The number of ether oxygens (including phenoxy) is 1. The fraction of sp³-hybridized carbons (Fsp3) is 0.500. The van der Waals surface area contributed by atoms with Gasteiger partial charge in [0.25, 0.3) is 0 Å². The van der Waals surface area contributed by atoms with Gasteiger partial charge in [0.15, 0.2) is 0 Å². The second-order valence-electron chi connectivity index (χ2n) is 4.01. The van der Waals surface area contributed by atoms with E-state index < -0.39 is 0 Å². The second-order valence-corrected chi connectivity index (χ2v) is 4.57. The molecule has 1 nitrogen and oxygen atoms in total. The third kappa shape index (κ3) is 2.08. The van der Waals surface area contributed by atoms with Crippen LogP contribution in [0.15, 0.2) is 24.3 Å². The second kappa shape index (κ2) is 4.62. The molecule has 1 aliphatic rings. The third-order valence-electron chi connectivity index (χ3n) is 3.15. The molecule has 0 unspecified atom stereocenters. The van der Waals surface area contributed by atoms with Crippen molar-refractivity contribution in [3.63, 3.8) is 0 Å². The lowest BCUT2D eigenvalue weighted by Crippen LogP contribution is -2.36. The Morgan fingerprint density at radius 2 is 1.93 bits per heavy atom. The predicted molar refractivity (Wildman–Crippen MR) is 61.9 cm³/mol. The standard InChI is InChI=1S/C12H14BrFO/c13-9-12(5-7-15-8-6-12)10-3-1-2-4-11(10)14/h1-4H,5-9H2. The summed E-state index contributed by atoms with van der Waals surface area (Å²) < 4.78 is 19.1. The summed E-state index contributed by atoms with van der Waals surface area (Å²) in [7, 11) is 0. The van der Waals surface area contributed by atoms with Gasteiger partial charge in [0.05, 0.1) is 0 Å². The normalized spacial score (nSPS) is 20.1. The largest absolute Gasteiger partial charge is 0.381 e. The molecule has 0 atom stereocenters. The topological polar surface area (TPSA) is 9.23 Å². The van der Waals surface area contributed by atoms with Crippen LogP contribution in [0, 0.1) is 5.82 Å². The lowest BCUT2D eigenvalue weighted by Gasteiger charge is -2.36. The fourth-order valence-electron chi connectivity index (χ4n) is 2.13. The zero-order valence-electron chi connectivity index (χ0n) is 8.51. The molecule has 1 saturated heterocycles. The monoisotopic (exact) mass is 272 g/mol. The van der Waals surface area contributed by atoms with E-state index in [2.05, 4.69) is 15.9 Å². The summed E-state index contributed by atoms with van der Waals surface area (Å²) in [6.07, 6.45) is 1.78. The van der Waals surface area contributed by atoms with Gasteiger partial charge < -0.3 is 4.74 Å². The maximum absolute atomic E-state index is 13.7. The van der Waals surface area contributed by atoms with Crippen molar-refractivity contribution in [1.29, 1.82) is 0 Å². The van der Waals surface area contributed by atoms with Gasteiger partial charge in [-0.05, 0) is 24.5 Å². The van der Waals surface area contributed by atoms with Crippen LogP contribution in [0.5, 0.6) is 0 Å². The van der Waals surface area contributed by atoms with Crippen LogP contribution < -0.4 is 0 Å². The summed E-state index contributed by atoms with van der Waals surface area (Å²) in [5, 5.41) is 0.796.